The number of alkyl halides is 3. The van der Waals surface area contributed by atoms with Crippen LogP contribution >= 0.6 is 0 Å². The Bertz CT molecular complexity index is 1070. The van der Waals surface area contributed by atoms with E-state index in [4.69, 9.17) is 4.74 Å². The number of hydrogen-bond acceptors (Lipinski definition) is 6. The maximum absolute atomic E-state index is 13.1. The first kappa shape index (κ1) is 24.0. The Hall–Kier alpha value is -3.67. The number of benzene rings is 2. The number of nitro groups is 1. The van der Waals surface area contributed by atoms with Gasteiger partial charge in [-0.25, -0.2) is 0 Å². The number of anilines is 2. The fourth-order valence-corrected chi connectivity index (χ4v) is 3.27. The highest BCUT2D eigenvalue weighted by Crippen LogP contribution is 2.28. The van der Waals surface area contributed by atoms with E-state index in [1.807, 2.05) is 4.90 Å². The molecule has 176 valence electrons. The molecule has 0 bridgehead atoms. The van der Waals surface area contributed by atoms with E-state index < -0.39 is 29.5 Å². The Morgan fingerprint density at radius 1 is 1.12 bits per heavy atom. The van der Waals surface area contributed by atoms with E-state index in [2.05, 4.69) is 5.32 Å². The van der Waals surface area contributed by atoms with E-state index in [1.165, 1.54) is 30.3 Å². The first-order chi connectivity index (χ1) is 15.5. The number of aryl methyl sites for hydroxylation is 1. The third-order valence-electron chi connectivity index (χ3n) is 4.98. The van der Waals surface area contributed by atoms with Gasteiger partial charge in [0.25, 0.3) is 17.5 Å². The number of nitrogens with one attached hydrogen (secondary N) is 2. The van der Waals surface area contributed by atoms with Crippen LogP contribution in [-0.4, -0.2) is 55.8 Å². The average molecular weight is 466 g/mol. The number of carbonyl (C=O) groups excluding carboxylic acids is 2. The summed E-state index contributed by atoms with van der Waals surface area (Å²) in [5.74, 6) is -1.61. The van der Waals surface area contributed by atoms with Gasteiger partial charge in [-0.2, -0.15) is 13.2 Å². The van der Waals surface area contributed by atoms with Crippen LogP contribution < -0.4 is 15.5 Å². The summed E-state index contributed by atoms with van der Waals surface area (Å²) in [6.07, 6.45) is -4.56. The zero-order valence-corrected chi connectivity index (χ0v) is 17.6. The van der Waals surface area contributed by atoms with Gasteiger partial charge in [-0.1, -0.05) is 6.07 Å². The summed E-state index contributed by atoms with van der Waals surface area (Å²) in [6.45, 7) is 2.01. The topological polar surface area (TPSA) is 114 Å². The molecule has 2 amide bonds. The third kappa shape index (κ3) is 6.19. The molecule has 1 fully saturated rings. The molecule has 3 rings (SSSR count). The molecule has 0 atom stereocenters. The number of rotatable bonds is 6. The second-order valence-electron chi connectivity index (χ2n) is 7.34. The number of ether oxygens (including phenoxy) is 1. The molecule has 0 radical (unpaired) electrons. The summed E-state index contributed by atoms with van der Waals surface area (Å²) in [7, 11) is 0. The standard InChI is InChI=1S/C21H21F3N4O5/c1-13-2-3-14(19(29)25-12-21(22,23)24)10-17(13)26-20(30)16-11-15(28(31)32)4-5-18(16)27-6-8-33-9-7-27/h2-5,10-11H,6-9,12H2,1H3,(H,25,29)(H,26,30). The van der Waals surface area contributed by atoms with Crippen molar-refractivity contribution in [3.05, 3.63) is 63.2 Å². The molecule has 2 aromatic carbocycles. The first-order valence-electron chi connectivity index (χ1n) is 9.93. The first-order valence-corrected chi connectivity index (χ1v) is 9.93. The molecule has 0 aliphatic carbocycles. The molecule has 1 aliphatic heterocycles. The largest absolute Gasteiger partial charge is 0.405 e. The minimum Gasteiger partial charge on any atom is -0.378 e. The molecule has 0 spiro atoms. The maximum Gasteiger partial charge on any atom is 0.405 e. The third-order valence-corrected chi connectivity index (χ3v) is 4.98. The Morgan fingerprint density at radius 3 is 2.45 bits per heavy atom. The maximum atomic E-state index is 13.1. The van der Waals surface area contributed by atoms with Crippen LogP contribution in [0.15, 0.2) is 36.4 Å². The zero-order chi connectivity index (χ0) is 24.2. The van der Waals surface area contributed by atoms with Gasteiger partial charge in [-0.05, 0) is 30.7 Å². The van der Waals surface area contributed by atoms with Crippen LogP contribution in [0.5, 0.6) is 0 Å². The van der Waals surface area contributed by atoms with Gasteiger partial charge in [0.2, 0.25) is 0 Å². The average Bonchev–Trinajstić information content (AvgIpc) is 2.78. The van der Waals surface area contributed by atoms with E-state index in [0.717, 1.165) is 6.07 Å². The summed E-state index contributed by atoms with van der Waals surface area (Å²) in [6, 6.07) is 8.03. The lowest BCUT2D eigenvalue weighted by atomic mass is 10.1. The van der Waals surface area contributed by atoms with Crippen molar-refractivity contribution >= 4 is 28.9 Å². The predicted octanol–water partition coefficient (Wildman–Crippen LogP) is 3.28. The normalized spacial score (nSPS) is 14.0. The van der Waals surface area contributed by atoms with Crippen LogP contribution in [0, 0.1) is 17.0 Å². The van der Waals surface area contributed by atoms with E-state index in [-0.39, 0.29) is 22.5 Å². The van der Waals surface area contributed by atoms with Crippen LogP contribution in [0.1, 0.15) is 26.3 Å². The lowest BCUT2D eigenvalue weighted by Crippen LogP contribution is -2.37. The molecule has 12 heteroatoms. The van der Waals surface area contributed by atoms with E-state index in [0.29, 0.717) is 37.6 Å². The van der Waals surface area contributed by atoms with Crippen molar-refractivity contribution in [3.8, 4) is 0 Å². The Balaban J connectivity index is 1.88. The summed E-state index contributed by atoms with van der Waals surface area (Å²) >= 11 is 0. The summed E-state index contributed by atoms with van der Waals surface area (Å²) < 4.78 is 42.5. The lowest BCUT2D eigenvalue weighted by molar-refractivity contribution is -0.384. The highest BCUT2D eigenvalue weighted by molar-refractivity contribution is 6.09. The number of carbonyl (C=O) groups is 2. The molecule has 2 aromatic rings. The molecule has 1 aliphatic rings. The van der Waals surface area contributed by atoms with Gasteiger partial charge in [0.05, 0.1) is 29.4 Å². The lowest BCUT2D eigenvalue weighted by Gasteiger charge is -2.30. The van der Waals surface area contributed by atoms with Gasteiger partial charge in [0.1, 0.15) is 6.54 Å². The van der Waals surface area contributed by atoms with Crippen molar-refractivity contribution in [1.82, 2.24) is 5.32 Å². The Morgan fingerprint density at radius 2 is 1.82 bits per heavy atom. The molecular weight excluding hydrogens is 445 g/mol. The number of non-ortho nitro benzene ring substituents is 1. The number of halogens is 3. The Kier molecular flexibility index (Phi) is 7.16. The molecule has 0 aromatic heterocycles. The van der Waals surface area contributed by atoms with Crippen LogP contribution in [0.4, 0.5) is 30.2 Å². The second-order valence-corrected chi connectivity index (χ2v) is 7.34. The predicted molar refractivity (Wildman–Crippen MR) is 114 cm³/mol. The van der Waals surface area contributed by atoms with Crippen molar-refractivity contribution in [1.29, 1.82) is 0 Å². The summed E-state index contributed by atoms with van der Waals surface area (Å²) in [4.78, 5) is 37.7. The number of hydrogen-bond donors (Lipinski definition) is 2. The summed E-state index contributed by atoms with van der Waals surface area (Å²) in [5, 5.41) is 15.6. The van der Waals surface area contributed by atoms with Crippen LogP contribution in [0.2, 0.25) is 0 Å². The fraction of sp³-hybridized carbons (Fsp3) is 0.333. The zero-order valence-electron chi connectivity index (χ0n) is 17.6. The monoisotopic (exact) mass is 466 g/mol. The number of nitro benzene ring substituents is 1. The molecule has 9 nitrogen and oxygen atoms in total. The van der Waals surface area contributed by atoms with Crippen molar-refractivity contribution in [2.45, 2.75) is 13.1 Å². The van der Waals surface area contributed by atoms with Gasteiger partial charge in [0, 0.05) is 36.5 Å². The second kappa shape index (κ2) is 9.86. The molecule has 1 heterocycles. The molecule has 2 N–H and O–H groups in total. The minimum atomic E-state index is -4.56. The molecule has 1 saturated heterocycles. The van der Waals surface area contributed by atoms with Crippen molar-refractivity contribution < 1.29 is 32.4 Å². The van der Waals surface area contributed by atoms with E-state index in [1.54, 1.807) is 12.2 Å². The van der Waals surface area contributed by atoms with Crippen LogP contribution in [0.25, 0.3) is 0 Å². The van der Waals surface area contributed by atoms with E-state index in [9.17, 15) is 32.9 Å². The van der Waals surface area contributed by atoms with Crippen LogP contribution in [-0.2, 0) is 4.74 Å². The number of morpholine rings is 1. The van der Waals surface area contributed by atoms with Gasteiger partial charge >= 0.3 is 6.18 Å². The minimum absolute atomic E-state index is 0.0532. The van der Waals surface area contributed by atoms with Gasteiger partial charge in [-0.3, -0.25) is 19.7 Å². The van der Waals surface area contributed by atoms with Gasteiger partial charge < -0.3 is 20.3 Å². The fourth-order valence-electron chi connectivity index (χ4n) is 3.27. The van der Waals surface area contributed by atoms with E-state index >= 15 is 0 Å². The Labute approximate surface area is 186 Å². The highest BCUT2D eigenvalue weighted by atomic mass is 19.4. The molecule has 0 saturated carbocycles. The summed E-state index contributed by atoms with van der Waals surface area (Å²) in [5.41, 5.74) is 0.936. The molecule has 33 heavy (non-hydrogen) atoms. The smallest absolute Gasteiger partial charge is 0.378 e. The SMILES string of the molecule is Cc1ccc(C(=O)NCC(F)(F)F)cc1NC(=O)c1cc([N+](=O)[O-])ccc1N1CCOCC1. The molecule has 0 unspecified atom stereocenters. The molecular formula is C21H21F3N4O5. The number of amides is 2. The van der Waals surface area contributed by atoms with Gasteiger partial charge in [0.15, 0.2) is 0 Å². The van der Waals surface area contributed by atoms with Crippen molar-refractivity contribution in [3.63, 3.8) is 0 Å². The number of nitrogens with zero attached hydrogens (tertiary/aromatic N) is 2. The van der Waals surface area contributed by atoms with Gasteiger partial charge in [-0.15, -0.1) is 0 Å². The quantitative estimate of drug-likeness (QED) is 0.499. The van der Waals surface area contributed by atoms with Crippen molar-refractivity contribution in [2.24, 2.45) is 0 Å². The van der Waals surface area contributed by atoms with Crippen LogP contribution in [0.3, 0.4) is 0 Å². The highest BCUT2D eigenvalue weighted by Gasteiger charge is 2.28. The van der Waals surface area contributed by atoms with Crippen molar-refractivity contribution in [2.75, 3.05) is 43.1 Å².